The van der Waals surface area contributed by atoms with Crippen LogP contribution in [0.5, 0.6) is 0 Å². The number of halogens is 2. The Bertz CT molecular complexity index is 1010. The molecule has 0 aliphatic carbocycles. The van der Waals surface area contributed by atoms with E-state index < -0.39 is 11.6 Å². The van der Waals surface area contributed by atoms with Gasteiger partial charge in [-0.3, -0.25) is 4.79 Å². The summed E-state index contributed by atoms with van der Waals surface area (Å²) in [6, 6.07) is 9.00. The second-order valence-electron chi connectivity index (χ2n) is 5.90. The molecule has 130 valence electrons. The molecule has 0 amide bonds. The van der Waals surface area contributed by atoms with E-state index in [2.05, 4.69) is 0 Å². The van der Waals surface area contributed by atoms with E-state index in [-0.39, 0.29) is 28.5 Å². The third-order valence-electron chi connectivity index (χ3n) is 4.45. The molecule has 1 N–H and O–H groups in total. The molecule has 0 saturated carbocycles. The first-order chi connectivity index (χ1) is 12.0. The molecule has 3 rings (SSSR count). The zero-order chi connectivity index (χ0) is 18.1. The lowest BCUT2D eigenvalue weighted by Gasteiger charge is -2.17. The lowest BCUT2D eigenvalue weighted by Crippen LogP contribution is -2.15. The molecule has 2 aromatic carbocycles. The fourth-order valence-electron chi connectivity index (χ4n) is 3.25. The van der Waals surface area contributed by atoms with Crippen molar-refractivity contribution in [3.63, 3.8) is 0 Å². The third kappa shape index (κ3) is 2.85. The molecule has 5 heteroatoms. The van der Waals surface area contributed by atoms with Gasteiger partial charge in [-0.1, -0.05) is 25.1 Å². The monoisotopic (exact) mass is 343 g/mol. The van der Waals surface area contributed by atoms with Gasteiger partial charge in [0.1, 0.15) is 5.82 Å². The quantitative estimate of drug-likeness (QED) is 0.777. The van der Waals surface area contributed by atoms with Gasteiger partial charge in [-0.2, -0.15) is 0 Å². The van der Waals surface area contributed by atoms with Gasteiger partial charge < -0.3 is 9.67 Å². The Labute approximate surface area is 144 Å². The zero-order valence-electron chi connectivity index (χ0n) is 14.1. The van der Waals surface area contributed by atoms with Crippen LogP contribution in [-0.2, 0) is 19.6 Å². The number of nitrogens with zero attached hydrogens (tertiary/aromatic N) is 1. The second kappa shape index (κ2) is 6.76. The predicted molar refractivity (Wildman–Crippen MR) is 94.5 cm³/mol. The molecule has 0 atom stereocenters. The smallest absolute Gasteiger partial charge is 0.189 e. The van der Waals surface area contributed by atoms with E-state index in [0.29, 0.717) is 29.8 Å². The van der Waals surface area contributed by atoms with Gasteiger partial charge in [0.25, 0.3) is 0 Å². The summed E-state index contributed by atoms with van der Waals surface area (Å²) in [5.74, 6) is -1.54. The minimum Gasteiger partial charge on any atom is -0.392 e. The van der Waals surface area contributed by atoms with Crippen molar-refractivity contribution in [2.24, 2.45) is 0 Å². The van der Waals surface area contributed by atoms with Crippen LogP contribution < -0.4 is 5.43 Å². The summed E-state index contributed by atoms with van der Waals surface area (Å²) in [7, 11) is 0. The SMILES string of the molecule is CCc1cc(=O)c2cc(F)c(-c3cccc(CO)c3)c(F)c2n1CC. The number of aryl methyl sites for hydroxylation is 2. The van der Waals surface area contributed by atoms with Gasteiger partial charge in [0.2, 0.25) is 0 Å². The first-order valence-electron chi connectivity index (χ1n) is 8.26. The Kier molecular flexibility index (Phi) is 4.68. The van der Waals surface area contributed by atoms with Crippen LogP contribution in [0.25, 0.3) is 22.0 Å². The first kappa shape index (κ1) is 17.3. The number of hydrogen-bond acceptors (Lipinski definition) is 2. The topological polar surface area (TPSA) is 42.2 Å². The van der Waals surface area contributed by atoms with Crippen LogP contribution in [0, 0.1) is 11.6 Å². The van der Waals surface area contributed by atoms with Crippen LogP contribution in [-0.4, -0.2) is 9.67 Å². The van der Waals surface area contributed by atoms with Gasteiger partial charge in [-0.05, 0) is 36.6 Å². The van der Waals surface area contributed by atoms with E-state index >= 15 is 4.39 Å². The molecular weight excluding hydrogens is 324 g/mol. The van der Waals surface area contributed by atoms with E-state index in [9.17, 15) is 14.3 Å². The van der Waals surface area contributed by atoms with E-state index in [1.54, 1.807) is 28.8 Å². The molecule has 0 radical (unpaired) electrons. The fourth-order valence-corrected chi connectivity index (χ4v) is 3.25. The molecule has 0 fully saturated rings. The lowest BCUT2D eigenvalue weighted by molar-refractivity contribution is 0.282. The van der Waals surface area contributed by atoms with Gasteiger partial charge >= 0.3 is 0 Å². The number of benzene rings is 2. The largest absolute Gasteiger partial charge is 0.392 e. The molecule has 0 aliphatic rings. The number of aliphatic hydroxyl groups excluding tert-OH is 1. The van der Waals surface area contributed by atoms with E-state index in [0.717, 1.165) is 6.07 Å². The first-order valence-corrected chi connectivity index (χ1v) is 8.26. The van der Waals surface area contributed by atoms with Crippen LogP contribution in [0.4, 0.5) is 8.78 Å². The minimum absolute atomic E-state index is 0.0381. The highest BCUT2D eigenvalue weighted by Gasteiger charge is 2.20. The Morgan fingerprint density at radius 1 is 1.12 bits per heavy atom. The number of aliphatic hydroxyl groups is 1. The molecule has 0 unspecified atom stereocenters. The van der Waals surface area contributed by atoms with Crippen LogP contribution in [0.2, 0.25) is 0 Å². The number of pyridine rings is 1. The number of hydrogen-bond donors (Lipinski definition) is 1. The Morgan fingerprint density at radius 3 is 2.52 bits per heavy atom. The molecular formula is C20H19F2NO2. The fraction of sp³-hybridized carbons (Fsp3) is 0.250. The van der Waals surface area contributed by atoms with Crippen molar-refractivity contribution in [1.82, 2.24) is 4.57 Å². The summed E-state index contributed by atoms with van der Waals surface area (Å²) < 4.78 is 31.7. The number of rotatable bonds is 4. The minimum atomic E-state index is -0.788. The lowest BCUT2D eigenvalue weighted by atomic mass is 9.99. The summed E-state index contributed by atoms with van der Waals surface area (Å²) in [6.07, 6.45) is 0.575. The summed E-state index contributed by atoms with van der Waals surface area (Å²) in [5.41, 5.74) is 1.16. The molecule has 0 spiro atoms. The standard InChI is InChI=1S/C20H19F2NO2/c1-3-14-9-17(25)15-10-16(21)18(19(22)20(15)23(14)4-2)13-7-5-6-12(8-13)11-24/h5-10,24H,3-4,11H2,1-2H3. The molecule has 3 aromatic rings. The maximum atomic E-state index is 15.3. The van der Waals surface area contributed by atoms with Crippen molar-refractivity contribution in [3.05, 3.63) is 69.5 Å². The summed E-state index contributed by atoms with van der Waals surface area (Å²) in [6.45, 7) is 4.00. The van der Waals surface area contributed by atoms with Crippen LogP contribution >= 0.6 is 0 Å². The predicted octanol–water partition coefficient (Wildman–Crippen LogP) is 4.02. The Balaban J connectivity index is 2.44. The molecule has 3 nitrogen and oxygen atoms in total. The number of fused-ring (bicyclic) bond motifs is 1. The Hall–Kier alpha value is -2.53. The molecule has 25 heavy (non-hydrogen) atoms. The zero-order valence-corrected chi connectivity index (χ0v) is 14.1. The van der Waals surface area contributed by atoms with Gasteiger partial charge in [0.05, 0.1) is 23.1 Å². The van der Waals surface area contributed by atoms with Crippen molar-refractivity contribution in [2.75, 3.05) is 0 Å². The summed E-state index contributed by atoms with van der Waals surface area (Å²) in [4.78, 5) is 12.3. The summed E-state index contributed by atoms with van der Waals surface area (Å²) in [5, 5.41) is 9.31. The highest BCUT2D eigenvalue weighted by Crippen LogP contribution is 2.32. The van der Waals surface area contributed by atoms with Crippen LogP contribution in [0.3, 0.4) is 0 Å². The molecule has 1 heterocycles. The van der Waals surface area contributed by atoms with Crippen LogP contribution in [0.15, 0.2) is 41.2 Å². The molecule has 0 saturated heterocycles. The third-order valence-corrected chi connectivity index (χ3v) is 4.45. The van der Waals surface area contributed by atoms with Crippen molar-refractivity contribution in [2.45, 2.75) is 33.4 Å². The van der Waals surface area contributed by atoms with E-state index in [4.69, 9.17) is 0 Å². The van der Waals surface area contributed by atoms with Gasteiger partial charge in [0, 0.05) is 18.3 Å². The molecule has 1 aromatic heterocycles. The van der Waals surface area contributed by atoms with Crippen molar-refractivity contribution in [1.29, 1.82) is 0 Å². The van der Waals surface area contributed by atoms with Gasteiger partial charge in [-0.15, -0.1) is 0 Å². The second-order valence-corrected chi connectivity index (χ2v) is 5.90. The van der Waals surface area contributed by atoms with Gasteiger partial charge in [-0.25, -0.2) is 8.78 Å². The molecule has 0 aliphatic heterocycles. The van der Waals surface area contributed by atoms with Gasteiger partial charge in [0.15, 0.2) is 11.2 Å². The van der Waals surface area contributed by atoms with Crippen molar-refractivity contribution in [3.8, 4) is 11.1 Å². The summed E-state index contributed by atoms with van der Waals surface area (Å²) >= 11 is 0. The average Bonchev–Trinajstić information content (AvgIpc) is 2.62. The molecule has 0 bridgehead atoms. The number of aromatic nitrogens is 1. The van der Waals surface area contributed by atoms with Crippen LogP contribution in [0.1, 0.15) is 25.1 Å². The normalized spacial score (nSPS) is 11.2. The Morgan fingerprint density at radius 2 is 1.88 bits per heavy atom. The van der Waals surface area contributed by atoms with E-state index in [1.807, 2.05) is 13.8 Å². The van der Waals surface area contributed by atoms with E-state index in [1.165, 1.54) is 6.07 Å². The van der Waals surface area contributed by atoms with Crippen molar-refractivity contribution < 1.29 is 13.9 Å². The van der Waals surface area contributed by atoms with Crippen molar-refractivity contribution >= 4 is 10.9 Å². The average molecular weight is 343 g/mol. The maximum Gasteiger partial charge on any atom is 0.189 e. The highest BCUT2D eigenvalue weighted by molar-refractivity contribution is 5.86. The highest BCUT2D eigenvalue weighted by atomic mass is 19.1. The maximum absolute atomic E-state index is 15.3.